The molecule has 0 aliphatic carbocycles. The molecular weight excluding hydrogens is 256 g/mol. The number of carbonyl (C=O) groups is 1. The Bertz CT molecular complexity index is 576. The molecule has 6 nitrogen and oxygen atoms in total. The summed E-state index contributed by atoms with van der Waals surface area (Å²) in [5.74, 6) is 0.111. The number of amides is 1. The van der Waals surface area contributed by atoms with Crippen molar-refractivity contribution >= 4 is 23.3 Å². The van der Waals surface area contributed by atoms with Gasteiger partial charge in [0.25, 0.3) is 5.91 Å². The van der Waals surface area contributed by atoms with Gasteiger partial charge in [-0.05, 0) is 12.1 Å². The van der Waals surface area contributed by atoms with Crippen molar-refractivity contribution in [2.24, 2.45) is 0 Å². The molecule has 18 heavy (non-hydrogen) atoms. The van der Waals surface area contributed by atoms with E-state index in [1.807, 2.05) is 0 Å². The van der Waals surface area contributed by atoms with Crippen molar-refractivity contribution < 1.29 is 9.53 Å². The molecule has 2 aromatic heterocycles. The third-order valence-corrected chi connectivity index (χ3v) is 2.24. The van der Waals surface area contributed by atoms with Gasteiger partial charge in [-0.15, -0.1) is 0 Å². The lowest BCUT2D eigenvalue weighted by Gasteiger charge is -2.07. The zero-order valence-corrected chi connectivity index (χ0v) is 10.2. The normalized spacial score (nSPS) is 9.89. The summed E-state index contributed by atoms with van der Waals surface area (Å²) in [6, 6.07) is 3.24. The number of carbonyl (C=O) groups excluding carboxylic acids is 1. The molecule has 0 aromatic carbocycles. The smallest absolute Gasteiger partial charge is 0.262 e. The Kier molecular flexibility index (Phi) is 3.69. The van der Waals surface area contributed by atoms with Gasteiger partial charge >= 0.3 is 0 Å². The Hall–Kier alpha value is -2.21. The summed E-state index contributed by atoms with van der Waals surface area (Å²) in [6.45, 7) is 0. The molecule has 0 atom stereocenters. The molecule has 2 rings (SSSR count). The molecule has 7 heteroatoms. The Morgan fingerprint density at radius 3 is 3.00 bits per heavy atom. The highest BCUT2D eigenvalue weighted by Crippen LogP contribution is 2.15. The summed E-state index contributed by atoms with van der Waals surface area (Å²) in [7, 11) is 1.44. The van der Waals surface area contributed by atoms with Crippen molar-refractivity contribution in [2.45, 2.75) is 0 Å². The molecule has 2 heterocycles. The maximum Gasteiger partial charge on any atom is 0.262 e. The van der Waals surface area contributed by atoms with E-state index in [1.165, 1.54) is 25.7 Å². The minimum absolute atomic E-state index is 0.200. The van der Waals surface area contributed by atoms with Crippen LogP contribution >= 0.6 is 11.6 Å². The molecule has 2 aromatic rings. The minimum Gasteiger partial charge on any atom is -0.480 e. The predicted molar refractivity (Wildman–Crippen MR) is 65.8 cm³/mol. The standard InChI is InChI=1S/C11H9ClN4O2/c1-18-11-7(3-2-4-14-11)10(17)16-9-6-13-5-8(12)15-9/h2-6H,1H3,(H,15,16,17). The van der Waals surface area contributed by atoms with Crippen molar-refractivity contribution in [3.05, 3.63) is 41.4 Å². The minimum atomic E-state index is -0.392. The van der Waals surface area contributed by atoms with E-state index in [0.717, 1.165) is 0 Å². The van der Waals surface area contributed by atoms with Gasteiger partial charge in [-0.1, -0.05) is 11.6 Å². The molecule has 0 bridgehead atoms. The number of nitrogens with zero attached hydrogens (tertiary/aromatic N) is 3. The van der Waals surface area contributed by atoms with E-state index in [9.17, 15) is 4.79 Å². The fourth-order valence-corrected chi connectivity index (χ4v) is 1.46. The van der Waals surface area contributed by atoms with Crippen molar-refractivity contribution in [2.75, 3.05) is 12.4 Å². The van der Waals surface area contributed by atoms with Crippen LogP contribution < -0.4 is 10.1 Å². The lowest BCUT2D eigenvalue weighted by Crippen LogP contribution is -2.14. The van der Waals surface area contributed by atoms with Gasteiger partial charge in [0.05, 0.1) is 19.5 Å². The van der Waals surface area contributed by atoms with Crippen LogP contribution in [-0.2, 0) is 0 Å². The van der Waals surface area contributed by atoms with Crippen LogP contribution in [0, 0.1) is 0 Å². The van der Waals surface area contributed by atoms with E-state index < -0.39 is 5.91 Å². The molecule has 0 unspecified atom stereocenters. The third-order valence-electron chi connectivity index (χ3n) is 2.06. The Labute approximate surface area is 108 Å². The molecule has 1 N–H and O–H groups in total. The maximum absolute atomic E-state index is 12.0. The fourth-order valence-electron chi connectivity index (χ4n) is 1.31. The van der Waals surface area contributed by atoms with Gasteiger partial charge in [0, 0.05) is 6.20 Å². The summed E-state index contributed by atoms with van der Waals surface area (Å²) in [4.78, 5) is 23.6. The average molecular weight is 265 g/mol. The highest BCUT2D eigenvalue weighted by Gasteiger charge is 2.13. The average Bonchev–Trinajstić information content (AvgIpc) is 2.38. The van der Waals surface area contributed by atoms with Crippen LogP contribution in [0.4, 0.5) is 5.82 Å². The number of hydrogen-bond acceptors (Lipinski definition) is 5. The van der Waals surface area contributed by atoms with E-state index in [4.69, 9.17) is 16.3 Å². The van der Waals surface area contributed by atoms with E-state index in [1.54, 1.807) is 12.1 Å². The summed E-state index contributed by atoms with van der Waals surface area (Å²) < 4.78 is 4.99. The topological polar surface area (TPSA) is 77.0 Å². The van der Waals surface area contributed by atoms with E-state index in [2.05, 4.69) is 20.3 Å². The number of anilines is 1. The highest BCUT2D eigenvalue weighted by atomic mass is 35.5. The Morgan fingerprint density at radius 2 is 2.28 bits per heavy atom. The van der Waals surface area contributed by atoms with Crippen molar-refractivity contribution in [1.29, 1.82) is 0 Å². The second-order valence-corrected chi connectivity index (χ2v) is 3.63. The Balaban J connectivity index is 2.22. The van der Waals surface area contributed by atoms with Crippen LogP contribution in [0.2, 0.25) is 5.15 Å². The first kappa shape index (κ1) is 12.3. The van der Waals surface area contributed by atoms with Crippen molar-refractivity contribution in [3.8, 4) is 5.88 Å². The van der Waals surface area contributed by atoms with Crippen LogP contribution in [0.3, 0.4) is 0 Å². The Morgan fingerprint density at radius 1 is 1.44 bits per heavy atom. The predicted octanol–water partition coefficient (Wildman–Crippen LogP) is 1.79. The van der Waals surface area contributed by atoms with Gasteiger partial charge in [-0.2, -0.15) is 0 Å². The molecule has 1 amide bonds. The molecule has 0 saturated heterocycles. The molecule has 0 saturated carbocycles. The molecule has 0 radical (unpaired) electrons. The molecule has 0 spiro atoms. The maximum atomic E-state index is 12.0. The first-order valence-corrected chi connectivity index (χ1v) is 5.36. The van der Waals surface area contributed by atoms with Gasteiger partial charge in [-0.25, -0.2) is 9.97 Å². The second-order valence-electron chi connectivity index (χ2n) is 3.24. The lowest BCUT2D eigenvalue weighted by atomic mass is 10.2. The summed E-state index contributed by atoms with van der Waals surface area (Å²) in [6.07, 6.45) is 4.31. The monoisotopic (exact) mass is 264 g/mol. The molecule has 92 valence electrons. The van der Waals surface area contributed by atoms with Gasteiger partial charge in [-0.3, -0.25) is 9.78 Å². The van der Waals surface area contributed by atoms with Gasteiger partial charge in [0.15, 0.2) is 5.82 Å². The molecular formula is C11H9ClN4O2. The summed E-state index contributed by atoms with van der Waals surface area (Å²) in [5, 5.41) is 2.76. The van der Waals surface area contributed by atoms with Crippen LogP contribution in [0.1, 0.15) is 10.4 Å². The van der Waals surface area contributed by atoms with E-state index in [0.29, 0.717) is 5.56 Å². The highest BCUT2D eigenvalue weighted by molar-refractivity contribution is 6.29. The second kappa shape index (κ2) is 5.42. The van der Waals surface area contributed by atoms with Gasteiger partial charge < -0.3 is 10.1 Å². The van der Waals surface area contributed by atoms with Crippen molar-refractivity contribution in [3.63, 3.8) is 0 Å². The number of ether oxygens (including phenoxy) is 1. The van der Waals surface area contributed by atoms with Crippen LogP contribution in [0.25, 0.3) is 0 Å². The number of methoxy groups -OCH3 is 1. The van der Waals surface area contributed by atoms with Crippen LogP contribution in [0.5, 0.6) is 5.88 Å². The number of nitrogens with one attached hydrogen (secondary N) is 1. The van der Waals surface area contributed by atoms with Gasteiger partial charge in [0.1, 0.15) is 10.7 Å². The number of rotatable bonds is 3. The molecule has 0 aliphatic heterocycles. The van der Waals surface area contributed by atoms with Crippen LogP contribution in [-0.4, -0.2) is 28.0 Å². The van der Waals surface area contributed by atoms with Crippen molar-refractivity contribution in [1.82, 2.24) is 15.0 Å². The number of pyridine rings is 1. The first-order chi connectivity index (χ1) is 8.70. The van der Waals surface area contributed by atoms with E-state index >= 15 is 0 Å². The molecule has 0 aliphatic rings. The first-order valence-electron chi connectivity index (χ1n) is 4.98. The zero-order valence-electron chi connectivity index (χ0n) is 9.42. The SMILES string of the molecule is COc1ncccc1C(=O)Nc1cncc(Cl)n1. The summed E-state index contributed by atoms with van der Waals surface area (Å²) in [5.41, 5.74) is 0.307. The number of hydrogen-bond donors (Lipinski definition) is 1. The quantitative estimate of drug-likeness (QED) is 0.914. The van der Waals surface area contributed by atoms with E-state index in [-0.39, 0.29) is 16.9 Å². The van der Waals surface area contributed by atoms with Crippen LogP contribution in [0.15, 0.2) is 30.7 Å². The number of aromatic nitrogens is 3. The summed E-state index contributed by atoms with van der Waals surface area (Å²) >= 11 is 5.67. The fraction of sp³-hybridized carbons (Fsp3) is 0.0909. The third kappa shape index (κ3) is 2.72. The molecule has 0 fully saturated rings. The van der Waals surface area contributed by atoms with Gasteiger partial charge in [0.2, 0.25) is 5.88 Å². The zero-order chi connectivity index (χ0) is 13.0. The largest absolute Gasteiger partial charge is 0.480 e. The lowest BCUT2D eigenvalue weighted by molar-refractivity contribution is 0.102. The number of halogens is 1.